The number of hydrogen-bond donors (Lipinski definition) is 4. The third-order valence-electron chi connectivity index (χ3n) is 5.05. The Morgan fingerprint density at radius 3 is 2.06 bits per heavy atom. The van der Waals surface area contributed by atoms with Gasteiger partial charge in [-0.1, -0.05) is 36.4 Å². The molecule has 0 bridgehead atoms. The molecule has 0 aromatic heterocycles. The molecule has 0 aliphatic carbocycles. The number of halogens is 3. The lowest BCUT2D eigenvalue weighted by Gasteiger charge is -2.41. The van der Waals surface area contributed by atoms with E-state index in [4.69, 9.17) is 21.0 Å². The van der Waals surface area contributed by atoms with Gasteiger partial charge < -0.3 is 25.7 Å². The number of benzene rings is 2. The highest BCUT2D eigenvalue weighted by Gasteiger charge is 2.47. The van der Waals surface area contributed by atoms with Gasteiger partial charge in [0.1, 0.15) is 18.4 Å². The van der Waals surface area contributed by atoms with Crippen LogP contribution in [0.3, 0.4) is 0 Å². The van der Waals surface area contributed by atoms with Gasteiger partial charge in [-0.25, -0.2) is 4.79 Å². The number of carboxylic acid groups (broad SMARTS) is 2. The Labute approximate surface area is 196 Å². The van der Waals surface area contributed by atoms with Crippen molar-refractivity contribution in [2.24, 2.45) is 5.73 Å². The van der Waals surface area contributed by atoms with Gasteiger partial charge in [0.15, 0.2) is 0 Å². The highest BCUT2D eigenvalue weighted by Crippen LogP contribution is 2.35. The summed E-state index contributed by atoms with van der Waals surface area (Å²) in [4.78, 5) is 49.0. The Hall–Kier alpha value is -4.42. The third kappa shape index (κ3) is 6.13. The predicted molar refractivity (Wildman–Crippen MR) is 117 cm³/mol. The molecule has 2 aromatic rings. The van der Waals surface area contributed by atoms with E-state index in [0.717, 1.165) is 4.90 Å². The Balaban J connectivity index is 0.000000540. The van der Waals surface area contributed by atoms with Crippen molar-refractivity contribution in [2.45, 2.75) is 18.1 Å². The van der Waals surface area contributed by atoms with Gasteiger partial charge in [0.25, 0.3) is 11.8 Å². The Morgan fingerprint density at radius 2 is 1.57 bits per heavy atom. The number of carbonyl (C=O) groups excluding carboxylic acids is 2. The number of carboxylic acids is 2. The second kappa shape index (κ2) is 10.7. The molecular weight excluding hydrogens is 473 g/mol. The van der Waals surface area contributed by atoms with Crippen LogP contribution in [0.4, 0.5) is 18.9 Å². The van der Waals surface area contributed by atoms with Crippen LogP contribution in [-0.2, 0) is 14.4 Å². The number of alkyl halides is 3. The normalized spacial score (nSPS) is 16.9. The quantitative estimate of drug-likeness (QED) is 0.364. The van der Waals surface area contributed by atoms with E-state index >= 15 is 0 Å². The molecule has 10 nitrogen and oxygen atoms in total. The molecule has 2 unspecified atom stereocenters. The van der Waals surface area contributed by atoms with Gasteiger partial charge in [0.2, 0.25) is 0 Å². The van der Waals surface area contributed by atoms with Crippen LogP contribution in [0.1, 0.15) is 21.8 Å². The minimum absolute atomic E-state index is 0.246. The Bertz CT molecular complexity index is 1140. The molecule has 1 heterocycles. The molecule has 2 atom stereocenters. The minimum Gasteiger partial charge on any atom is -0.480 e. The number of nitrogens with two attached hydrogens (primary N) is 1. The molecule has 2 amide bonds. The molecule has 5 N–H and O–H groups in total. The number of likely N-dealkylation sites (N-methyl/N-ethyl adjacent to an activating group) is 1. The highest BCUT2D eigenvalue weighted by atomic mass is 19.4. The SMILES string of the molecule is CN(C(=O)C1C(C(=N)N)c2ccccc2C(=O)N1CC(=O)O)c1ccccc1.O=C(O)C(F)(F)F. The summed E-state index contributed by atoms with van der Waals surface area (Å²) >= 11 is 0. The zero-order valence-corrected chi connectivity index (χ0v) is 18.2. The monoisotopic (exact) mass is 494 g/mol. The number of carbonyl (C=O) groups is 4. The van der Waals surface area contributed by atoms with Crippen molar-refractivity contribution in [2.75, 3.05) is 18.5 Å². The number of hydrogen-bond acceptors (Lipinski definition) is 5. The molecule has 0 radical (unpaired) electrons. The Kier molecular flexibility index (Phi) is 8.18. The number of aliphatic carboxylic acids is 2. The number of amides is 2. The summed E-state index contributed by atoms with van der Waals surface area (Å²) in [6, 6.07) is 14.1. The fraction of sp³-hybridized carbons (Fsp3) is 0.227. The average molecular weight is 494 g/mol. The second-order valence-electron chi connectivity index (χ2n) is 7.33. The standard InChI is InChI=1S/C20H20N4O4.C2HF3O2/c1-23(12-7-3-2-4-8-12)20(28)17-16(18(21)22)13-9-5-6-10-14(13)19(27)24(17)11-15(25)26;3-2(4,5)1(6)7/h2-10,16-17H,11H2,1H3,(H3,21,22)(H,25,26);(H,6,7). The fourth-order valence-electron chi connectivity index (χ4n) is 3.50. The maximum absolute atomic E-state index is 13.3. The molecule has 1 aliphatic rings. The first-order valence-corrected chi connectivity index (χ1v) is 9.85. The van der Waals surface area contributed by atoms with Crippen molar-refractivity contribution < 1.29 is 42.6 Å². The summed E-state index contributed by atoms with van der Waals surface area (Å²) in [5.41, 5.74) is 7.09. The van der Waals surface area contributed by atoms with Gasteiger partial charge in [-0.3, -0.25) is 19.8 Å². The van der Waals surface area contributed by atoms with Crippen LogP contribution >= 0.6 is 0 Å². The summed E-state index contributed by atoms with van der Waals surface area (Å²) in [5.74, 6) is -6.35. The lowest BCUT2D eigenvalue weighted by Crippen LogP contribution is -2.59. The summed E-state index contributed by atoms with van der Waals surface area (Å²) in [7, 11) is 1.54. The lowest BCUT2D eigenvalue weighted by atomic mass is 9.81. The third-order valence-corrected chi connectivity index (χ3v) is 5.05. The van der Waals surface area contributed by atoms with E-state index < -0.39 is 48.4 Å². The number of amidine groups is 1. The maximum atomic E-state index is 13.3. The van der Waals surface area contributed by atoms with E-state index in [9.17, 15) is 32.7 Å². The molecular formula is C22H21F3N4O6. The lowest BCUT2D eigenvalue weighted by molar-refractivity contribution is -0.192. The van der Waals surface area contributed by atoms with Crippen molar-refractivity contribution in [3.8, 4) is 0 Å². The molecule has 0 spiro atoms. The van der Waals surface area contributed by atoms with Crippen LogP contribution in [0.15, 0.2) is 54.6 Å². The van der Waals surface area contributed by atoms with E-state index in [1.54, 1.807) is 61.6 Å². The minimum atomic E-state index is -5.08. The fourth-order valence-corrected chi connectivity index (χ4v) is 3.50. The number of anilines is 1. The molecule has 2 aromatic carbocycles. The molecule has 0 fully saturated rings. The van der Waals surface area contributed by atoms with Crippen molar-refractivity contribution in [1.29, 1.82) is 5.41 Å². The van der Waals surface area contributed by atoms with Crippen molar-refractivity contribution >= 4 is 35.3 Å². The molecule has 3 rings (SSSR count). The van der Waals surface area contributed by atoms with E-state index in [2.05, 4.69) is 0 Å². The van der Waals surface area contributed by atoms with Gasteiger partial charge in [-0.05, 0) is 23.8 Å². The zero-order valence-electron chi connectivity index (χ0n) is 18.2. The first kappa shape index (κ1) is 26.8. The number of fused-ring (bicyclic) bond motifs is 1. The van der Waals surface area contributed by atoms with Gasteiger partial charge >= 0.3 is 18.1 Å². The van der Waals surface area contributed by atoms with Gasteiger partial charge in [-0.15, -0.1) is 0 Å². The van der Waals surface area contributed by atoms with Crippen LogP contribution in [-0.4, -0.2) is 70.5 Å². The largest absolute Gasteiger partial charge is 0.490 e. The first-order chi connectivity index (χ1) is 16.3. The van der Waals surface area contributed by atoms with Gasteiger partial charge in [0.05, 0.1) is 5.92 Å². The van der Waals surface area contributed by atoms with Gasteiger partial charge in [0, 0.05) is 18.3 Å². The predicted octanol–water partition coefficient (Wildman–Crippen LogP) is 1.91. The summed E-state index contributed by atoms with van der Waals surface area (Å²) < 4.78 is 31.7. The molecule has 1 aliphatic heterocycles. The highest BCUT2D eigenvalue weighted by molar-refractivity contribution is 6.10. The van der Waals surface area contributed by atoms with E-state index in [1.165, 1.54) is 4.90 Å². The van der Waals surface area contributed by atoms with Crippen LogP contribution in [0.5, 0.6) is 0 Å². The molecule has 13 heteroatoms. The van der Waals surface area contributed by atoms with Crippen LogP contribution in [0.2, 0.25) is 0 Å². The summed E-state index contributed by atoms with van der Waals surface area (Å²) in [6.45, 7) is -0.671. The van der Waals surface area contributed by atoms with E-state index in [-0.39, 0.29) is 11.4 Å². The van der Waals surface area contributed by atoms with Gasteiger partial charge in [-0.2, -0.15) is 13.2 Å². The molecule has 186 valence electrons. The van der Waals surface area contributed by atoms with Crippen molar-refractivity contribution in [3.05, 3.63) is 65.7 Å². The first-order valence-electron chi connectivity index (χ1n) is 9.85. The summed E-state index contributed by atoms with van der Waals surface area (Å²) in [5, 5.41) is 24.5. The van der Waals surface area contributed by atoms with Crippen molar-refractivity contribution in [1.82, 2.24) is 4.90 Å². The zero-order chi connectivity index (χ0) is 26.5. The summed E-state index contributed by atoms with van der Waals surface area (Å²) in [6.07, 6.45) is -5.08. The molecule has 0 saturated heterocycles. The van der Waals surface area contributed by atoms with Crippen LogP contribution in [0, 0.1) is 5.41 Å². The number of nitrogens with zero attached hydrogens (tertiary/aromatic N) is 2. The molecule has 0 saturated carbocycles. The molecule has 35 heavy (non-hydrogen) atoms. The van der Waals surface area contributed by atoms with E-state index in [1.807, 2.05) is 0 Å². The number of rotatable bonds is 5. The van der Waals surface area contributed by atoms with Crippen LogP contribution in [0.25, 0.3) is 0 Å². The Morgan fingerprint density at radius 1 is 1.06 bits per heavy atom. The van der Waals surface area contributed by atoms with E-state index in [0.29, 0.717) is 11.3 Å². The maximum Gasteiger partial charge on any atom is 0.490 e. The number of nitrogens with one attached hydrogen (secondary N) is 1. The van der Waals surface area contributed by atoms with Crippen molar-refractivity contribution in [3.63, 3.8) is 0 Å². The smallest absolute Gasteiger partial charge is 0.480 e. The average Bonchev–Trinajstić information content (AvgIpc) is 2.79. The number of para-hydroxylation sites is 1. The van der Waals surface area contributed by atoms with Crippen LogP contribution < -0.4 is 10.6 Å². The topological polar surface area (TPSA) is 165 Å². The second-order valence-corrected chi connectivity index (χ2v) is 7.33.